The fourth-order valence-electron chi connectivity index (χ4n) is 2.89. The maximum Gasteiger partial charge on any atom is 0.114 e. The fourth-order valence-corrected chi connectivity index (χ4v) is 2.89. The summed E-state index contributed by atoms with van der Waals surface area (Å²) in [5.74, 6) is 0. The number of ether oxygens (including phenoxy) is 2. The molecule has 0 bridgehead atoms. The maximum atomic E-state index is 9.98. The molecule has 1 rings (SSSR count). The van der Waals surface area contributed by atoms with E-state index in [1.807, 2.05) is 6.08 Å². The van der Waals surface area contributed by atoms with E-state index >= 15 is 0 Å². The largest absolute Gasteiger partial charge is 0.394 e. The van der Waals surface area contributed by atoms with E-state index in [2.05, 4.69) is 6.58 Å². The van der Waals surface area contributed by atoms with E-state index in [0.29, 0.717) is 6.61 Å². The minimum absolute atomic E-state index is 0.271. The summed E-state index contributed by atoms with van der Waals surface area (Å²) in [6, 6.07) is 0. The van der Waals surface area contributed by atoms with Crippen LogP contribution in [0, 0.1) is 0 Å². The molecular formula is C18H34O5. The molecule has 1 saturated heterocycles. The highest BCUT2D eigenvalue weighted by Gasteiger charge is 2.40. The molecule has 0 saturated carbocycles. The van der Waals surface area contributed by atoms with Crippen molar-refractivity contribution in [1.29, 1.82) is 0 Å². The average Bonchev–Trinajstić information content (AvgIpc) is 2.93. The number of rotatable bonds is 14. The summed E-state index contributed by atoms with van der Waals surface area (Å²) in [7, 11) is 0. The van der Waals surface area contributed by atoms with Gasteiger partial charge >= 0.3 is 0 Å². The van der Waals surface area contributed by atoms with Crippen molar-refractivity contribution >= 4 is 0 Å². The molecule has 0 aromatic heterocycles. The standard InChI is InChI=1S/C18H34O5/c1-2-3-4-5-6-7-8-9-10-11-12-22-16-14-23-18(17(16)21)15(20)13-19/h2,15-21H,1,3-14H2/t15-,16+,17+,18+/m0/s1. The minimum Gasteiger partial charge on any atom is -0.394 e. The van der Waals surface area contributed by atoms with Crippen LogP contribution in [0.1, 0.15) is 57.8 Å². The lowest BCUT2D eigenvalue weighted by Crippen LogP contribution is -2.41. The Bertz CT molecular complexity index is 297. The zero-order valence-corrected chi connectivity index (χ0v) is 14.2. The topological polar surface area (TPSA) is 79.2 Å². The second kappa shape index (κ2) is 12.9. The minimum atomic E-state index is -1.05. The first kappa shape index (κ1) is 20.6. The number of aliphatic hydroxyl groups is 3. The molecule has 4 atom stereocenters. The van der Waals surface area contributed by atoms with E-state index < -0.39 is 31.0 Å². The van der Waals surface area contributed by atoms with E-state index in [1.165, 1.54) is 38.5 Å². The van der Waals surface area contributed by atoms with Gasteiger partial charge in [-0.1, -0.05) is 44.6 Å². The van der Waals surface area contributed by atoms with Crippen LogP contribution >= 0.6 is 0 Å². The van der Waals surface area contributed by atoms with Gasteiger partial charge in [-0.05, 0) is 19.3 Å². The summed E-state index contributed by atoms with van der Waals surface area (Å²) in [4.78, 5) is 0. The lowest BCUT2D eigenvalue weighted by atomic mass is 10.1. The van der Waals surface area contributed by atoms with Gasteiger partial charge in [0.2, 0.25) is 0 Å². The molecule has 0 radical (unpaired) electrons. The van der Waals surface area contributed by atoms with E-state index in [0.717, 1.165) is 19.3 Å². The van der Waals surface area contributed by atoms with Crippen molar-refractivity contribution in [2.24, 2.45) is 0 Å². The molecule has 5 nitrogen and oxygen atoms in total. The summed E-state index contributed by atoms with van der Waals surface area (Å²) in [5.41, 5.74) is 0. The highest BCUT2D eigenvalue weighted by Crippen LogP contribution is 2.20. The van der Waals surface area contributed by atoms with Crippen LogP contribution in [0.4, 0.5) is 0 Å². The van der Waals surface area contributed by atoms with Crippen LogP contribution in [-0.2, 0) is 9.47 Å². The third-order valence-corrected chi connectivity index (χ3v) is 4.37. The Hall–Kier alpha value is -0.460. The van der Waals surface area contributed by atoms with Gasteiger partial charge in [0.1, 0.15) is 24.4 Å². The Morgan fingerprint density at radius 2 is 1.70 bits per heavy atom. The van der Waals surface area contributed by atoms with Gasteiger partial charge in [0, 0.05) is 6.61 Å². The van der Waals surface area contributed by atoms with Crippen LogP contribution in [-0.4, -0.2) is 59.6 Å². The van der Waals surface area contributed by atoms with Crippen molar-refractivity contribution in [2.45, 2.75) is 82.2 Å². The summed E-state index contributed by atoms with van der Waals surface area (Å²) in [6.45, 7) is 4.19. The Kier molecular flexibility index (Phi) is 11.5. The normalized spacial score (nSPS) is 25.6. The zero-order valence-electron chi connectivity index (χ0n) is 14.2. The molecule has 0 aromatic rings. The fraction of sp³-hybridized carbons (Fsp3) is 0.889. The summed E-state index contributed by atoms with van der Waals surface area (Å²) >= 11 is 0. The molecule has 136 valence electrons. The lowest BCUT2D eigenvalue weighted by Gasteiger charge is -2.20. The van der Waals surface area contributed by atoms with Crippen LogP contribution in [0.15, 0.2) is 12.7 Å². The monoisotopic (exact) mass is 330 g/mol. The smallest absolute Gasteiger partial charge is 0.114 e. The van der Waals surface area contributed by atoms with Gasteiger partial charge < -0.3 is 24.8 Å². The molecule has 0 amide bonds. The molecule has 0 unspecified atom stereocenters. The Morgan fingerprint density at radius 3 is 2.30 bits per heavy atom. The van der Waals surface area contributed by atoms with Gasteiger partial charge in [-0.25, -0.2) is 0 Å². The van der Waals surface area contributed by atoms with Crippen molar-refractivity contribution in [3.8, 4) is 0 Å². The van der Waals surface area contributed by atoms with Gasteiger partial charge in [0.25, 0.3) is 0 Å². The molecule has 23 heavy (non-hydrogen) atoms. The molecule has 1 aliphatic rings. The van der Waals surface area contributed by atoms with Crippen LogP contribution < -0.4 is 0 Å². The average molecular weight is 330 g/mol. The van der Waals surface area contributed by atoms with Gasteiger partial charge in [0.05, 0.1) is 13.2 Å². The van der Waals surface area contributed by atoms with Crippen molar-refractivity contribution in [2.75, 3.05) is 19.8 Å². The first-order valence-corrected chi connectivity index (χ1v) is 9.01. The maximum absolute atomic E-state index is 9.98. The number of allylic oxidation sites excluding steroid dienone is 1. The zero-order chi connectivity index (χ0) is 16.9. The van der Waals surface area contributed by atoms with Gasteiger partial charge in [-0.15, -0.1) is 6.58 Å². The number of hydrogen-bond donors (Lipinski definition) is 3. The molecule has 1 aliphatic heterocycles. The Balaban J connectivity index is 1.92. The summed E-state index contributed by atoms with van der Waals surface area (Å²) in [6.07, 6.45) is 9.84. The molecule has 0 spiro atoms. The quantitative estimate of drug-likeness (QED) is 0.336. The number of aliphatic hydroxyl groups excluding tert-OH is 3. The molecule has 0 aliphatic carbocycles. The molecule has 3 N–H and O–H groups in total. The van der Waals surface area contributed by atoms with Crippen molar-refractivity contribution in [3.63, 3.8) is 0 Å². The molecule has 5 heteroatoms. The third-order valence-electron chi connectivity index (χ3n) is 4.37. The van der Waals surface area contributed by atoms with Crippen LogP contribution in [0.3, 0.4) is 0 Å². The Morgan fingerprint density at radius 1 is 1.09 bits per heavy atom. The van der Waals surface area contributed by atoms with Crippen LogP contribution in [0.25, 0.3) is 0 Å². The van der Waals surface area contributed by atoms with Crippen LogP contribution in [0.2, 0.25) is 0 Å². The van der Waals surface area contributed by atoms with E-state index in [1.54, 1.807) is 0 Å². The SMILES string of the molecule is C=CCCCCCCCCCCO[C@@H]1CO[C@H]([C@@H](O)CO)[C@@H]1O. The van der Waals surface area contributed by atoms with E-state index in [4.69, 9.17) is 14.6 Å². The van der Waals surface area contributed by atoms with E-state index in [-0.39, 0.29) is 6.61 Å². The highest BCUT2D eigenvalue weighted by molar-refractivity contribution is 4.88. The number of unbranched alkanes of at least 4 members (excludes halogenated alkanes) is 8. The molecule has 0 aromatic carbocycles. The van der Waals surface area contributed by atoms with Crippen LogP contribution in [0.5, 0.6) is 0 Å². The molecule has 1 fully saturated rings. The van der Waals surface area contributed by atoms with E-state index in [9.17, 15) is 10.2 Å². The summed E-state index contributed by atoms with van der Waals surface area (Å²) < 4.78 is 10.9. The lowest BCUT2D eigenvalue weighted by molar-refractivity contribution is -0.0730. The summed E-state index contributed by atoms with van der Waals surface area (Å²) in [5, 5.41) is 28.4. The van der Waals surface area contributed by atoms with Gasteiger partial charge in [-0.2, -0.15) is 0 Å². The predicted molar refractivity (Wildman–Crippen MR) is 90.3 cm³/mol. The second-order valence-corrected chi connectivity index (χ2v) is 6.35. The first-order valence-electron chi connectivity index (χ1n) is 9.01. The molecule has 1 heterocycles. The predicted octanol–water partition coefficient (Wildman–Crippen LogP) is 2.18. The molecular weight excluding hydrogens is 296 g/mol. The van der Waals surface area contributed by atoms with Gasteiger partial charge in [-0.3, -0.25) is 0 Å². The highest BCUT2D eigenvalue weighted by atomic mass is 16.6. The number of hydrogen-bond acceptors (Lipinski definition) is 5. The first-order chi connectivity index (χ1) is 11.2. The second-order valence-electron chi connectivity index (χ2n) is 6.35. The van der Waals surface area contributed by atoms with Crippen molar-refractivity contribution in [1.82, 2.24) is 0 Å². The van der Waals surface area contributed by atoms with Crippen molar-refractivity contribution < 1.29 is 24.8 Å². The van der Waals surface area contributed by atoms with Gasteiger partial charge in [0.15, 0.2) is 0 Å². The van der Waals surface area contributed by atoms with Crippen molar-refractivity contribution in [3.05, 3.63) is 12.7 Å². The Labute approximate surface area is 140 Å². The third kappa shape index (κ3) is 8.27.